The maximum atomic E-state index is 12.7. The van der Waals surface area contributed by atoms with Gasteiger partial charge in [0.15, 0.2) is 5.13 Å². The normalized spacial score (nSPS) is 11.3. The van der Waals surface area contributed by atoms with Crippen LogP contribution in [0, 0.1) is 27.7 Å². The Hall–Kier alpha value is -2.72. The van der Waals surface area contributed by atoms with Crippen molar-refractivity contribution in [1.82, 2.24) is 24.6 Å². The van der Waals surface area contributed by atoms with Crippen LogP contribution in [-0.4, -0.2) is 36.7 Å². The zero-order valence-electron chi connectivity index (χ0n) is 16.7. The molecule has 8 nitrogen and oxygen atoms in total. The number of furan rings is 1. The highest BCUT2D eigenvalue weighted by Crippen LogP contribution is 2.29. The molecule has 0 fully saturated rings. The van der Waals surface area contributed by atoms with Gasteiger partial charge < -0.3 is 9.73 Å². The van der Waals surface area contributed by atoms with E-state index >= 15 is 0 Å². The Labute approximate surface area is 175 Å². The number of carbonyl (C=O) groups is 1. The average Bonchev–Trinajstić information content (AvgIpc) is 3.37. The summed E-state index contributed by atoms with van der Waals surface area (Å²) in [6.45, 7) is 7.61. The predicted molar refractivity (Wildman–Crippen MR) is 114 cm³/mol. The number of rotatable bonds is 5. The van der Waals surface area contributed by atoms with E-state index in [0.29, 0.717) is 16.1 Å². The second kappa shape index (κ2) is 7.60. The quantitative estimate of drug-likeness (QED) is 0.480. The summed E-state index contributed by atoms with van der Waals surface area (Å²) in [5.41, 5.74) is 4.21. The Bertz CT molecular complexity index is 1220. The van der Waals surface area contributed by atoms with Gasteiger partial charge >= 0.3 is 0 Å². The molecule has 0 atom stereocenters. The van der Waals surface area contributed by atoms with E-state index in [-0.39, 0.29) is 12.3 Å². The highest BCUT2D eigenvalue weighted by molar-refractivity contribution is 7.98. The molecule has 4 heterocycles. The second-order valence-corrected chi connectivity index (χ2v) is 8.29. The lowest BCUT2D eigenvalue weighted by atomic mass is 10.1. The summed E-state index contributed by atoms with van der Waals surface area (Å²) in [5.74, 6) is 2.05. The fourth-order valence-electron chi connectivity index (χ4n) is 3.20. The lowest BCUT2D eigenvalue weighted by Gasteiger charge is -2.09. The molecule has 1 N–H and O–H groups in total. The van der Waals surface area contributed by atoms with E-state index in [1.807, 2.05) is 45.4 Å². The Balaban J connectivity index is 1.54. The van der Waals surface area contributed by atoms with Crippen LogP contribution in [0.4, 0.5) is 5.13 Å². The minimum Gasteiger partial charge on any atom is -0.466 e. The number of nitrogens with one attached hydrogen (secondary N) is 1. The summed E-state index contributed by atoms with van der Waals surface area (Å²) in [5, 5.41) is 10.4. The first kappa shape index (κ1) is 19.6. The van der Waals surface area contributed by atoms with Crippen molar-refractivity contribution in [2.24, 2.45) is 0 Å². The number of nitrogens with zero attached hydrogens (tertiary/aromatic N) is 5. The molecule has 0 unspecified atom stereocenters. The Kier molecular flexibility index (Phi) is 5.13. The first-order valence-corrected chi connectivity index (χ1v) is 11.1. The lowest BCUT2D eigenvalue weighted by Crippen LogP contribution is -2.17. The van der Waals surface area contributed by atoms with Gasteiger partial charge in [-0.1, -0.05) is 11.8 Å². The van der Waals surface area contributed by atoms with Gasteiger partial charge in [-0.3, -0.25) is 4.79 Å². The second-order valence-electron chi connectivity index (χ2n) is 6.66. The van der Waals surface area contributed by atoms with E-state index in [2.05, 4.69) is 25.4 Å². The first-order valence-electron chi connectivity index (χ1n) is 8.95. The number of carbonyl (C=O) groups excluding carboxylic acids is 1. The molecule has 0 aliphatic carbocycles. The third-order valence-corrected chi connectivity index (χ3v) is 5.91. The number of aromatic nitrogens is 5. The molecule has 0 saturated heterocycles. The van der Waals surface area contributed by atoms with Crippen LogP contribution in [0.3, 0.4) is 0 Å². The standard InChI is InChI=1S/C19H20N6O2S2/c1-9-6-14(12(4)27-9)15-8-29-18(21-15)22-16(26)7-13-10(2)20-17-23-19(28-5)24-25(17)11(13)3/h6,8H,7H2,1-5H3,(H,21,22,26). The van der Waals surface area contributed by atoms with Crippen LogP contribution < -0.4 is 5.32 Å². The fourth-order valence-corrected chi connectivity index (χ4v) is 4.26. The first-order chi connectivity index (χ1) is 13.9. The van der Waals surface area contributed by atoms with Gasteiger partial charge in [0, 0.05) is 27.9 Å². The molecule has 150 valence electrons. The van der Waals surface area contributed by atoms with Gasteiger partial charge in [0.2, 0.25) is 11.1 Å². The lowest BCUT2D eigenvalue weighted by molar-refractivity contribution is -0.115. The average molecular weight is 429 g/mol. The Morgan fingerprint density at radius 3 is 2.72 bits per heavy atom. The SMILES string of the molecule is CSc1nc2nc(C)c(CC(=O)Nc3nc(-c4cc(C)oc4C)cs3)c(C)n2n1. The molecule has 0 bridgehead atoms. The van der Waals surface area contributed by atoms with Gasteiger partial charge in [0.25, 0.3) is 5.78 Å². The van der Waals surface area contributed by atoms with E-state index in [1.54, 1.807) is 4.52 Å². The predicted octanol–water partition coefficient (Wildman–Crippen LogP) is 3.98. The molecular formula is C19H20N6O2S2. The van der Waals surface area contributed by atoms with Crippen LogP contribution in [0.1, 0.15) is 28.5 Å². The van der Waals surface area contributed by atoms with E-state index in [9.17, 15) is 4.79 Å². The molecule has 4 rings (SSSR count). The van der Waals surface area contributed by atoms with Gasteiger partial charge in [0.05, 0.1) is 12.1 Å². The van der Waals surface area contributed by atoms with Crippen LogP contribution in [-0.2, 0) is 11.2 Å². The number of thioether (sulfide) groups is 1. The summed E-state index contributed by atoms with van der Waals surface area (Å²) in [6.07, 6.45) is 2.10. The number of thiazole rings is 1. The van der Waals surface area contributed by atoms with Crippen LogP contribution in [0.5, 0.6) is 0 Å². The van der Waals surface area contributed by atoms with E-state index in [4.69, 9.17) is 4.42 Å². The molecular weight excluding hydrogens is 408 g/mol. The molecule has 0 aliphatic heterocycles. The zero-order valence-corrected chi connectivity index (χ0v) is 18.4. The van der Waals surface area contributed by atoms with Gasteiger partial charge in [-0.2, -0.15) is 4.98 Å². The van der Waals surface area contributed by atoms with Crippen LogP contribution in [0.2, 0.25) is 0 Å². The molecule has 0 aromatic carbocycles. The largest absolute Gasteiger partial charge is 0.466 e. The maximum Gasteiger partial charge on any atom is 0.253 e. The van der Waals surface area contributed by atoms with Crippen molar-refractivity contribution in [1.29, 1.82) is 0 Å². The molecule has 4 aromatic rings. The van der Waals surface area contributed by atoms with Crippen molar-refractivity contribution in [3.63, 3.8) is 0 Å². The van der Waals surface area contributed by atoms with Crippen molar-refractivity contribution in [3.05, 3.63) is 39.9 Å². The summed E-state index contributed by atoms with van der Waals surface area (Å²) in [7, 11) is 0. The van der Waals surface area contributed by atoms with Crippen molar-refractivity contribution >= 4 is 39.9 Å². The summed E-state index contributed by atoms with van der Waals surface area (Å²) < 4.78 is 7.25. The Morgan fingerprint density at radius 2 is 2.03 bits per heavy atom. The smallest absolute Gasteiger partial charge is 0.253 e. The fraction of sp³-hybridized carbons (Fsp3) is 0.316. The number of amides is 1. The van der Waals surface area contributed by atoms with Gasteiger partial charge in [-0.25, -0.2) is 14.5 Å². The zero-order chi connectivity index (χ0) is 20.7. The monoisotopic (exact) mass is 428 g/mol. The molecule has 4 aromatic heterocycles. The number of anilines is 1. The van der Waals surface area contributed by atoms with Crippen molar-refractivity contribution in [2.45, 2.75) is 39.3 Å². The number of aryl methyl sites for hydroxylation is 4. The molecule has 1 amide bonds. The van der Waals surface area contributed by atoms with Crippen LogP contribution in [0.15, 0.2) is 21.0 Å². The summed E-state index contributed by atoms with van der Waals surface area (Å²) in [6, 6.07) is 1.95. The summed E-state index contributed by atoms with van der Waals surface area (Å²) >= 11 is 2.85. The van der Waals surface area contributed by atoms with E-state index in [1.165, 1.54) is 23.1 Å². The van der Waals surface area contributed by atoms with Gasteiger partial charge in [-0.15, -0.1) is 16.4 Å². The molecule has 0 saturated carbocycles. The van der Waals surface area contributed by atoms with Gasteiger partial charge in [-0.05, 0) is 40.0 Å². The highest BCUT2D eigenvalue weighted by Gasteiger charge is 2.17. The van der Waals surface area contributed by atoms with E-state index < -0.39 is 0 Å². The third kappa shape index (κ3) is 3.77. The molecule has 0 spiro atoms. The molecule has 0 radical (unpaired) electrons. The van der Waals surface area contributed by atoms with Crippen LogP contribution >= 0.6 is 23.1 Å². The van der Waals surface area contributed by atoms with E-state index in [0.717, 1.165) is 39.7 Å². The van der Waals surface area contributed by atoms with Crippen LogP contribution in [0.25, 0.3) is 17.0 Å². The molecule has 10 heteroatoms. The van der Waals surface area contributed by atoms with Crippen molar-refractivity contribution < 1.29 is 9.21 Å². The highest BCUT2D eigenvalue weighted by atomic mass is 32.2. The number of hydrogen-bond donors (Lipinski definition) is 1. The number of hydrogen-bond acceptors (Lipinski definition) is 8. The van der Waals surface area contributed by atoms with Crippen molar-refractivity contribution in [2.75, 3.05) is 11.6 Å². The third-order valence-electron chi connectivity index (χ3n) is 4.62. The maximum absolute atomic E-state index is 12.7. The van der Waals surface area contributed by atoms with Gasteiger partial charge in [0.1, 0.15) is 11.5 Å². The minimum absolute atomic E-state index is 0.149. The number of fused-ring (bicyclic) bond motifs is 1. The molecule has 29 heavy (non-hydrogen) atoms. The topological polar surface area (TPSA) is 98.2 Å². The summed E-state index contributed by atoms with van der Waals surface area (Å²) in [4.78, 5) is 26.0. The van der Waals surface area contributed by atoms with Crippen molar-refractivity contribution in [3.8, 4) is 11.3 Å². The molecule has 0 aliphatic rings. The minimum atomic E-state index is -0.149. The Morgan fingerprint density at radius 1 is 1.24 bits per heavy atom.